The van der Waals surface area contributed by atoms with Crippen molar-refractivity contribution in [2.75, 3.05) is 25.7 Å². The maximum atomic E-state index is 10.8. The molecule has 1 atom stereocenters. The number of nitro benzene ring substituents is 1. The number of rotatable bonds is 5. The summed E-state index contributed by atoms with van der Waals surface area (Å²) in [4.78, 5) is 12.5. The monoisotopic (exact) mass is 266 g/mol. The number of anilines is 1. The van der Waals surface area contributed by atoms with Crippen LogP contribution in [0.25, 0.3) is 0 Å². The predicted octanol–water partition coefficient (Wildman–Crippen LogP) is 1.10. The van der Waals surface area contributed by atoms with Crippen molar-refractivity contribution in [2.24, 2.45) is 5.84 Å². The first-order valence-corrected chi connectivity index (χ1v) is 6.13. The maximum absolute atomic E-state index is 10.8. The minimum atomic E-state index is -0.400. The number of nitrogens with two attached hydrogens (primary N) is 1. The van der Waals surface area contributed by atoms with Crippen LogP contribution in [-0.4, -0.2) is 36.1 Å². The number of ether oxygens (including phenoxy) is 1. The van der Waals surface area contributed by atoms with Crippen molar-refractivity contribution in [3.63, 3.8) is 0 Å². The number of nitro groups is 1. The van der Waals surface area contributed by atoms with Crippen LogP contribution in [0.3, 0.4) is 0 Å². The molecule has 0 spiro atoms. The molecule has 2 rings (SSSR count). The van der Waals surface area contributed by atoms with Crippen molar-refractivity contribution in [3.05, 3.63) is 33.9 Å². The molecule has 7 nitrogen and oxygen atoms in total. The zero-order chi connectivity index (χ0) is 13.8. The van der Waals surface area contributed by atoms with E-state index in [1.54, 1.807) is 12.1 Å². The maximum Gasteiger partial charge on any atom is 0.269 e. The Hall–Kier alpha value is -1.70. The highest BCUT2D eigenvalue weighted by Gasteiger charge is 2.21. The molecule has 1 unspecified atom stereocenters. The second kappa shape index (κ2) is 5.96. The van der Waals surface area contributed by atoms with Crippen LogP contribution in [0.5, 0.6) is 0 Å². The van der Waals surface area contributed by atoms with Gasteiger partial charge in [0, 0.05) is 31.3 Å². The van der Waals surface area contributed by atoms with E-state index in [0.29, 0.717) is 24.9 Å². The van der Waals surface area contributed by atoms with E-state index in [1.165, 1.54) is 6.07 Å². The molecule has 1 aliphatic heterocycles. The number of nitrogens with zero attached hydrogens (tertiary/aromatic N) is 2. The van der Waals surface area contributed by atoms with Gasteiger partial charge in [0.15, 0.2) is 0 Å². The zero-order valence-electron chi connectivity index (χ0n) is 10.8. The molecular formula is C12H18N4O3. The van der Waals surface area contributed by atoms with E-state index in [1.807, 2.05) is 7.05 Å². The summed E-state index contributed by atoms with van der Waals surface area (Å²) in [5, 5.41) is 10.8. The summed E-state index contributed by atoms with van der Waals surface area (Å²) in [6.45, 7) is 2.07. The minimum Gasteiger partial charge on any atom is -0.380 e. The lowest BCUT2D eigenvalue weighted by molar-refractivity contribution is -0.384. The molecule has 0 aliphatic carbocycles. The summed E-state index contributed by atoms with van der Waals surface area (Å²) in [7, 11) is 1.98. The fourth-order valence-corrected chi connectivity index (χ4v) is 2.23. The average molecular weight is 266 g/mol. The quantitative estimate of drug-likeness (QED) is 0.471. The SMILES string of the molecule is CN(Cc1cc([N+](=O)[O-])ccc1NN)C1CCOC1. The first kappa shape index (κ1) is 13.7. The van der Waals surface area contributed by atoms with Gasteiger partial charge in [-0.25, -0.2) is 0 Å². The topological polar surface area (TPSA) is 93.7 Å². The Balaban J connectivity index is 2.16. The number of likely N-dealkylation sites (N-methyl/N-ethyl adjacent to an activating group) is 1. The normalized spacial score (nSPS) is 18.8. The van der Waals surface area contributed by atoms with E-state index in [0.717, 1.165) is 18.6 Å². The fourth-order valence-electron chi connectivity index (χ4n) is 2.23. The van der Waals surface area contributed by atoms with Crippen LogP contribution in [0.15, 0.2) is 18.2 Å². The summed E-state index contributed by atoms with van der Waals surface area (Å²) in [6, 6.07) is 4.98. The van der Waals surface area contributed by atoms with Gasteiger partial charge in [-0.15, -0.1) is 0 Å². The van der Waals surface area contributed by atoms with Crippen LogP contribution >= 0.6 is 0 Å². The number of hydrazine groups is 1. The van der Waals surface area contributed by atoms with Crippen molar-refractivity contribution in [1.82, 2.24) is 4.90 Å². The molecule has 1 aromatic rings. The second-order valence-electron chi connectivity index (χ2n) is 4.68. The Morgan fingerprint density at radius 2 is 2.42 bits per heavy atom. The molecule has 1 heterocycles. The number of benzene rings is 1. The summed E-state index contributed by atoms with van der Waals surface area (Å²) >= 11 is 0. The van der Waals surface area contributed by atoms with Crippen LogP contribution in [0.1, 0.15) is 12.0 Å². The van der Waals surface area contributed by atoms with Crippen molar-refractivity contribution in [3.8, 4) is 0 Å². The molecule has 7 heteroatoms. The lowest BCUT2D eigenvalue weighted by Gasteiger charge is -2.23. The number of non-ortho nitro benzene ring substituents is 1. The highest BCUT2D eigenvalue weighted by Crippen LogP contribution is 2.24. The molecule has 0 aromatic heterocycles. The minimum absolute atomic E-state index is 0.0741. The third kappa shape index (κ3) is 3.19. The summed E-state index contributed by atoms with van der Waals surface area (Å²) in [5.74, 6) is 5.44. The van der Waals surface area contributed by atoms with Gasteiger partial charge >= 0.3 is 0 Å². The molecule has 1 fully saturated rings. The summed E-state index contributed by atoms with van der Waals surface area (Å²) < 4.78 is 5.34. The van der Waals surface area contributed by atoms with Crippen LogP contribution in [0.2, 0.25) is 0 Å². The predicted molar refractivity (Wildman–Crippen MR) is 71.6 cm³/mol. The van der Waals surface area contributed by atoms with E-state index in [2.05, 4.69) is 10.3 Å². The second-order valence-corrected chi connectivity index (χ2v) is 4.68. The van der Waals surface area contributed by atoms with Gasteiger partial charge in [0.25, 0.3) is 5.69 Å². The van der Waals surface area contributed by atoms with Gasteiger partial charge in [0.05, 0.1) is 17.2 Å². The summed E-state index contributed by atoms with van der Waals surface area (Å²) in [6.07, 6.45) is 0.983. The number of nitrogen functional groups attached to an aromatic ring is 1. The molecule has 1 aliphatic rings. The lowest BCUT2D eigenvalue weighted by atomic mass is 10.1. The van der Waals surface area contributed by atoms with Crippen LogP contribution in [0.4, 0.5) is 11.4 Å². The van der Waals surface area contributed by atoms with Gasteiger partial charge in [-0.1, -0.05) is 0 Å². The van der Waals surface area contributed by atoms with Crippen LogP contribution in [0, 0.1) is 10.1 Å². The third-order valence-electron chi connectivity index (χ3n) is 3.40. The van der Waals surface area contributed by atoms with Crippen molar-refractivity contribution in [1.29, 1.82) is 0 Å². The Morgan fingerprint density at radius 3 is 3.00 bits per heavy atom. The Morgan fingerprint density at radius 1 is 1.63 bits per heavy atom. The molecule has 0 radical (unpaired) electrons. The molecule has 104 valence electrons. The molecule has 1 saturated heterocycles. The highest BCUT2D eigenvalue weighted by atomic mass is 16.6. The van der Waals surface area contributed by atoms with Crippen molar-refractivity contribution >= 4 is 11.4 Å². The van der Waals surface area contributed by atoms with E-state index < -0.39 is 4.92 Å². The average Bonchev–Trinajstić information content (AvgIpc) is 2.92. The Labute approximate surface area is 111 Å². The summed E-state index contributed by atoms with van der Waals surface area (Å²) in [5.41, 5.74) is 4.17. The smallest absolute Gasteiger partial charge is 0.269 e. The fraction of sp³-hybridized carbons (Fsp3) is 0.500. The first-order chi connectivity index (χ1) is 9.11. The standard InChI is InChI=1S/C12H18N4O3/c1-15(11-4-5-19-8-11)7-9-6-10(16(17)18)2-3-12(9)14-13/h2-3,6,11,14H,4-5,7-8,13H2,1H3. The molecule has 3 N–H and O–H groups in total. The number of nitrogens with one attached hydrogen (secondary N) is 1. The largest absolute Gasteiger partial charge is 0.380 e. The molecule has 0 bridgehead atoms. The van der Waals surface area contributed by atoms with Crippen LogP contribution < -0.4 is 11.3 Å². The van der Waals surface area contributed by atoms with Crippen molar-refractivity contribution < 1.29 is 9.66 Å². The van der Waals surface area contributed by atoms with Gasteiger partial charge in [0.1, 0.15) is 0 Å². The van der Waals surface area contributed by atoms with Crippen LogP contribution in [-0.2, 0) is 11.3 Å². The highest BCUT2D eigenvalue weighted by molar-refractivity contribution is 5.55. The first-order valence-electron chi connectivity index (χ1n) is 6.13. The lowest BCUT2D eigenvalue weighted by Crippen LogP contribution is -2.31. The van der Waals surface area contributed by atoms with Crippen molar-refractivity contribution in [2.45, 2.75) is 19.0 Å². The Kier molecular flexibility index (Phi) is 4.31. The molecule has 0 saturated carbocycles. The molecular weight excluding hydrogens is 248 g/mol. The van der Waals surface area contributed by atoms with E-state index >= 15 is 0 Å². The van der Waals surface area contributed by atoms with E-state index in [9.17, 15) is 10.1 Å². The van der Waals surface area contributed by atoms with E-state index in [-0.39, 0.29) is 5.69 Å². The van der Waals surface area contributed by atoms with Gasteiger partial charge in [-0.05, 0) is 25.1 Å². The number of hydrogen-bond acceptors (Lipinski definition) is 6. The molecule has 0 amide bonds. The van der Waals surface area contributed by atoms with E-state index in [4.69, 9.17) is 10.6 Å². The van der Waals surface area contributed by atoms with Gasteiger partial charge in [-0.2, -0.15) is 0 Å². The Bertz CT molecular complexity index is 460. The van der Waals surface area contributed by atoms with Gasteiger partial charge in [0.2, 0.25) is 0 Å². The van der Waals surface area contributed by atoms with Gasteiger partial charge < -0.3 is 10.2 Å². The zero-order valence-corrected chi connectivity index (χ0v) is 10.8. The molecule has 1 aromatic carbocycles. The third-order valence-corrected chi connectivity index (χ3v) is 3.40. The van der Waals surface area contributed by atoms with Gasteiger partial charge in [-0.3, -0.25) is 20.9 Å². The number of hydrogen-bond donors (Lipinski definition) is 2. The molecule has 19 heavy (non-hydrogen) atoms.